The van der Waals surface area contributed by atoms with E-state index in [9.17, 15) is 0 Å². The third-order valence-corrected chi connectivity index (χ3v) is 6.80. The van der Waals surface area contributed by atoms with E-state index in [1.165, 1.54) is 50.4 Å². The highest BCUT2D eigenvalue weighted by atomic mass is 127. The van der Waals surface area contributed by atoms with Crippen LogP contribution in [-0.4, -0.2) is 14.2 Å². The molecule has 0 spiro atoms. The molecule has 0 amide bonds. The summed E-state index contributed by atoms with van der Waals surface area (Å²) >= 11 is 4.76. The van der Waals surface area contributed by atoms with Crippen LogP contribution < -0.4 is 9.47 Å². The Labute approximate surface area is 171 Å². The number of methoxy groups -OCH3 is 2. The van der Waals surface area contributed by atoms with Crippen molar-refractivity contribution in [2.75, 3.05) is 14.2 Å². The molecule has 0 radical (unpaired) electrons. The smallest absolute Gasteiger partial charge is 0.132 e. The summed E-state index contributed by atoms with van der Waals surface area (Å²) in [4.78, 5) is 0. The van der Waals surface area contributed by atoms with Gasteiger partial charge in [0.25, 0.3) is 0 Å². The fourth-order valence-corrected chi connectivity index (χ4v) is 5.30. The van der Waals surface area contributed by atoms with Crippen molar-refractivity contribution in [2.24, 2.45) is 0 Å². The lowest BCUT2D eigenvalue weighted by Crippen LogP contribution is -2.30. The SMILES string of the molecule is COc1ccc(C2(c3ccc(OC)c(I)c3)CCCCC2)cc1I. The van der Waals surface area contributed by atoms with Crippen molar-refractivity contribution in [1.82, 2.24) is 0 Å². The van der Waals surface area contributed by atoms with Crippen molar-refractivity contribution in [3.8, 4) is 11.5 Å². The monoisotopic (exact) mass is 548 g/mol. The standard InChI is InChI=1S/C20H22I2O2/c1-23-18-8-6-14(12-16(18)21)20(10-4-3-5-11-20)15-7-9-19(24-2)17(22)13-15/h6-9,12-13H,3-5,10-11H2,1-2H3. The molecular formula is C20H22I2O2. The summed E-state index contributed by atoms with van der Waals surface area (Å²) in [5, 5.41) is 0. The maximum atomic E-state index is 5.45. The predicted octanol–water partition coefficient (Wildman–Crippen LogP) is 6.16. The predicted molar refractivity (Wildman–Crippen MR) is 115 cm³/mol. The van der Waals surface area contributed by atoms with Crippen LogP contribution >= 0.6 is 45.2 Å². The van der Waals surface area contributed by atoms with Crippen molar-refractivity contribution in [1.29, 1.82) is 0 Å². The van der Waals surface area contributed by atoms with E-state index in [1.54, 1.807) is 14.2 Å². The molecule has 1 saturated carbocycles. The lowest BCUT2D eigenvalue weighted by molar-refractivity contribution is 0.344. The molecule has 0 atom stereocenters. The van der Waals surface area contributed by atoms with Crippen LogP contribution in [0.25, 0.3) is 0 Å². The Bertz CT molecular complexity index is 666. The van der Waals surface area contributed by atoms with Gasteiger partial charge in [0.05, 0.1) is 21.4 Å². The highest BCUT2D eigenvalue weighted by molar-refractivity contribution is 14.1. The zero-order valence-electron chi connectivity index (χ0n) is 14.1. The minimum Gasteiger partial charge on any atom is -0.496 e. The molecule has 24 heavy (non-hydrogen) atoms. The molecule has 0 heterocycles. The average molecular weight is 548 g/mol. The second-order valence-corrected chi connectivity index (χ2v) is 8.67. The fraction of sp³-hybridized carbons (Fsp3) is 0.400. The molecule has 4 heteroatoms. The Hall–Kier alpha value is -0.500. The summed E-state index contributed by atoms with van der Waals surface area (Å²) in [7, 11) is 3.47. The summed E-state index contributed by atoms with van der Waals surface area (Å²) in [5.41, 5.74) is 2.93. The average Bonchev–Trinajstić information content (AvgIpc) is 2.62. The van der Waals surface area contributed by atoms with E-state index in [-0.39, 0.29) is 5.41 Å². The van der Waals surface area contributed by atoms with Crippen LogP contribution in [-0.2, 0) is 5.41 Å². The maximum Gasteiger partial charge on any atom is 0.132 e. The first kappa shape index (κ1) is 18.3. The third-order valence-electron chi connectivity index (χ3n) is 5.12. The molecule has 1 aliphatic rings. The molecular weight excluding hydrogens is 526 g/mol. The number of benzene rings is 2. The van der Waals surface area contributed by atoms with E-state index in [4.69, 9.17) is 9.47 Å². The summed E-state index contributed by atoms with van der Waals surface area (Å²) < 4.78 is 13.3. The van der Waals surface area contributed by atoms with Gasteiger partial charge in [0, 0.05) is 5.41 Å². The van der Waals surface area contributed by atoms with Gasteiger partial charge in [-0.05, 0) is 93.4 Å². The van der Waals surface area contributed by atoms with Crippen molar-refractivity contribution in [3.05, 3.63) is 54.7 Å². The molecule has 0 N–H and O–H groups in total. The second kappa shape index (κ2) is 7.81. The van der Waals surface area contributed by atoms with Crippen LogP contribution in [0.3, 0.4) is 0 Å². The van der Waals surface area contributed by atoms with E-state index in [0.717, 1.165) is 11.5 Å². The number of halogens is 2. The normalized spacial score (nSPS) is 16.7. The molecule has 0 bridgehead atoms. The van der Waals surface area contributed by atoms with Crippen molar-refractivity contribution >= 4 is 45.2 Å². The fourth-order valence-electron chi connectivity index (χ4n) is 3.83. The van der Waals surface area contributed by atoms with E-state index >= 15 is 0 Å². The molecule has 1 aliphatic carbocycles. The molecule has 3 rings (SSSR count). The van der Waals surface area contributed by atoms with Crippen LogP contribution in [0.1, 0.15) is 43.2 Å². The van der Waals surface area contributed by atoms with Crippen molar-refractivity contribution in [2.45, 2.75) is 37.5 Å². The Morgan fingerprint density at radius 1 is 0.750 bits per heavy atom. The van der Waals surface area contributed by atoms with Gasteiger partial charge in [0.15, 0.2) is 0 Å². The number of hydrogen-bond acceptors (Lipinski definition) is 2. The van der Waals surface area contributed by atoms with Gasteiger partial charge >= 0.3 is 0 Å². The molecule has 2 aromatic carbocycles. The highest BCUT2D eigenvalue weighted by Gasteiger charge is 2.36. The van der Waals surface area contributed by atoms with Gasteiger partial charge in [0.1, 0.15) is 11.5 Å². The van der Waals surface area contributed by atoms with Crippen LogP contribution in [0.5, 0.6) is 11.5 Å². The number of rotatable bonds is 4. The molecule has 2 aromatic rings. The Kier molecular flexibility index (Phi) is 5.95. The Balaban J connectivity index is 2.11. The van der Waals surface area contributed by atoms with E-state index in [2.05, 4.69) is 81.6 Å². The Morgan fingerprint density at radius 3 is 1.58 bits per heavy atom. The van der Waals surface area contributed by atoms with E-state index < -0.39 is 0 Å². The number of ether oxygens (including phenoxy) is 2. The van der Waals surface area contributed by atoms with E-state index in [0.29, 0.717) is 0 Å². The largest absolute Gasteiger partial charge is 0.496 e. The summed E-state index contributed by atoms with van der Waals surface area (Å²) in [6.45, 7) is 0. The van der Waals surface area contributed by atoms with Gasteiger partial charge in [-0.2, -0.15) is 0 Å². The second-order valence-electron chi connectivity index (χ2n) is 6.34. The lowest BCUT2D eigenvalue weighted by Gasteiger charge is -2.39. The minimum absolute atomic E-state index is 0.108. The first-order valence-corrected chi connectivity index (χ1v) is 10.4. The van der Waals surface area contributed by atoms with Crippen molar-refractivity contribution < 1.29 is 9.47 Å². The topological polar surface area (TPSA) is 18.5 Å². The molecule has 0 aliphatic heterocycles. The van der Waals surface area contributed by atoms with Crippen molar-refractivity contribution in [3.63, 3.8) is 0 Å². The lowest BCUT2D eigenvalue weighted by atomic mass is 9.65. The number of hydrogen-bond donors (Lipinski definition) is 0. The molecule has 1 fully saturated rings. The molecule has 0 unspecified atom stereocenters. The van der Waals surface area contributed by atoms with Crippen LogP contribution in [0.2, 0.25) is 0 Å². The van der Waals surface area contributed by atoms with Gasteiger partial charge < -0.3 is 9.47 Å². The van der Waals surface area contributed by atoms with Gasteiger partial charge in [-0.25, -0.2) is 0 Å². The molecule has 0 saturated heterocycles. The minimum atomic E-state index is 0.108. The summed E-state index contributed by atoms with van der Waals surface area (Å²) in [6.07, 6.45) is 6.31. The zero-order valence-corrected chi connectivity index (χ0v) is 18.4. The van der Waals surface area contributed by atoms with Gasteiger partial charge in [0.2, 0.25) is 0 Å². The van der Waals surface area contributed by atoms with E-state index in [1.807, 2.05) is 0 Å². The third kappa shape index (κ3) is 3.41. The Morgan fingerprint density at radius 2 is 1.21 bits per heavy atom. The quantitative estimate of drug-likeness (QED) is 0.427. The van der Waals surface area contributed by atoms with Gasteiger partial charge in [-0.3, -0.25) is 0 Å². The molecule has 128 valence electrons. The van der Waals surface area contributed by atoms with Crippen LogP contribution in [0.4, 0.5) is 0 Å². The first-order chi connectivity index (χ1) is 11.6. The van der Waals surface area contributed by atoms with Crippen LogP contribution in [0.15, 0.2) is 36.4 Å². The maximum absolute atomic E-state index is 5.45. The summed E-state index contributed by atoms with van der Waals surface area (Å²) in [5.74, 6) is 1.91. The zero-order chi connectivity index (χ0) is 17.2. The van der Waals surface area contributed by atoms with Gasteiger partial charge in [-0.1, -0.05) is 31.4 Å². The first-order valence-electron chi connectivity index (χ1n) is 8.29. The highest BCUT2D eigenvalue weighted by Crippen LogP contribution is 2.46. The van der Waals surface area contributed by atoms with Gasteiger partial charge in [-0.15, -0.1) is 0 Å². The molecule has 2 nitrogen and oxygen atoms in total. The van der Waals surface area contributed by atoms with Crippen LogP contribution in [0, 0.1) is 7.14 Å². The molecule has 0 aromatic heterocycles. The summed E-state index contributed by atoms with van der Waals surface area (Å²) in [6, 6.07) is 13.3.